The van der Waals surface area contributed by atoms with Gasteiger partial charge in [-0.3, -0.25) is 9.52 Å². The lowest BCUT2D eigenvalue weighted by Gasteiger charge is -2.29. The van der Waals surface area contributed by atoms with Gasteiger partial charge < -0.3 is 25.3 Å². The number of carbonyl (C=O) groups is 1. The number of halogens is 3. The number of aryl methyl sites for hydroxylation is 1. The summed E-state index contributed by atoms with van der Waals surface area (Å²) in [6, 6.07) is 20.2. The summed E-state index contributed by atoms with van der Waals surface area (Å²) in [6.45, 7) is 11.6. The van der Waals surface area contributed by atoms with Crippen LogP contribution in [0.2, 0.25) is 0 Å². The Kier molecular flexibility index (Phi) is 23.5. The normalized spacial score (nSPS) is 14.8. The first-order valence-electron chi connectivity index (χ1n) is 16.6. The smallest absolute Gasteiger partial charge is 0.416 e. The molecule has 274 valence electrons. The van der Waals surface area contributed by atoms with Crippen LogP contribution in [0.3, 0.4) is 0 Å². The molecule has 1 aromatic heterocycles. The SMILES string of the molecule is CC.CC.CNS.CO.Cc1nc2cc(-c3ccc(C4CCCC(COc5ccc(C(F)(F)F)cc5)C4)cc3)ccc2n1CCN.O=CO. The summed E-state index contributed by atoms with van der Waals surface area (Å²) < 4.78 is 48.8. The fraction of sp³-hybridized carbons (Fsp3) is 0.459. The van der Waals surface area contributed by atoms with E-state index in [2.05, 4.69) is 64.6 Å². The molecule has 3 aromatic carbocycles. The largest absolute Gasteiger partial charge is 0.493 e. The van der Waals surface area contributed by atoms with E-state index < -0.39 is 11.7 Å². The number of aliphatic hydroxyl groups excluding tert-OH is 1. The molecule has 12 heteroatoms. The topological polar surface area (TPSA) is 123 Å². The van der Waals surface area contributed by atoms with Crippen LogP contribution in [0.1, 0.15) is 76.2 Å². The second-order valence-corrected chi connectivity index (χ2v) is 10.8. The highest BCUT2D eigenvalue weighted by Gasteiger charge is 2.30. The molecule has 49 heavy (non-hydrogen) atoms. The summed E-state index contributed by atoms with van der Waals surface area (Å²) in [4.78, 5) is 13.1. The lowest BCUT2D eigenvalue weighted by Crippen LogP contribution is -2.20. The van der Waals surface area contributed by atoms with Crippen molar-refractivity contribution in [1.82, 2.24) is 14.3 Å². The average molecular weight is 709 g/mol. The van der Waals surface area contributed by atoms with Crippen LogP contribution >= 0.6 is 12.8 Å². The van der Waals surface area contributed by atoms with Crippen molar-refractivity contribution in [1.29, 1.82) is 0 Å². The average Bonchev–Trinajstić information content (AvgIpc) is 3.44. The molecule has 4 aromatic rings. The predicted molar refractivity (Wildman–Crippen MR) is 198 cm³/mol. The summed E-state index contributed by atoms with van der Waals surface area (Å²) in [5.41, 5.74) is 10.8. The minimum Gasteiger partial charge on any atom is -0.493 e. The van der Waals surface area contributed by atoms with Gasteiger partial charge in [0, 0.05) is 20.2 Å². The number of carboxylic acid groups (broad SMARTS) is 1. The Morgan fingerprint density at radius 3 is 2.08 bits per heavy atom. The van der Waals surface area contributed by atoms with Gasteiger partial charge in [0.2, 0.25) is 0 Å². The molecule has 1 fully saturated rings. The van der Waals surface area contributed by atoms with E-state index >= 15 is 0 Å². The lowest BCUT2D eigenvalue weighted by molar-refractivity contribution is -0.137. The van der Waals surface area contributed by atoms with E-state index in [1.54, 1.807) is 7.05 Å². The highest BCUT2D eigenvalue weighted by molar-refractivity contribution is 7.78. The molecule has 2 atom stereocenters. The standard InChI is InChI=1S/C30H32F3N3O.2C2H6.CH5NS.CH2O2.CH4O/c1-20-35-28-18-25(9-14-29(28)36(20)16-15-34)23-7-5-22(6-8-23)24-4-2-3-21(17-24)19-37-27-12-10-26(11-13-27)30(31,32)33;2*1-2;1-2-3;2-1-3;1-2/h5-14,18,21,24H,2-4,15-17,19,34H2,1H3;2*1-2H3;2-3H,1H3;1H,(H,2,3);2H,1H3. The van der Waals surface area contributed by atoms with E-state index in [1.165, 1.54) is 17.7 Å². The Labute approximate surface area is 295 Å². The summed E-state index contributed by atoms with van der Waals surface area (Å²) in [5.74, 6) is 2.30. The molecule has 0 bridgehead atoms. The number of fused-ring (bicyclic) bond motifs is 1. The number of aliphatic hydroxyl groups is 1. The zero-order chi connectivity index (χ0) is 37.4. The molecular formula is C37H55F3N4O4S. The molecule has 0 radical (unpaired) electrons. The Bertz CT molecular complexity index is 1430. The molecule has 1 aliphatic rings. The number of ether oxygens (including phenoxy) is 1. The molecule has 5 rings (SSSR count). The molecule has 0 aliphatic heterocycles. The molecule has 5 N–H and O–H groups in total. The third-order valence-corrected chi connectivity index (χ3v) is 7.46. The van der Waals surface area contributed by atoms with Crippen LogP contribution in [-0.4, -0.2) is 53.5 Å². The first kappa shape index (κ1) is 45.4. The molecule has 1 saturated carbocycles. The van der Waals surface area contributed by atoms with Gasteiger partial charge in [0.15, 0.2) is 0 Å². The van der Waals surface area contributed by atoms with Crippen LogP contribution in [0.15, 0.2) is 66.7 Å². The minimum atomic E-state index is -4.33. The van der Waals surface area contributed by atoms with Gasteiger partial charge in [0.1, 0.15) is 11.6 Å². The number of aromatic nitrogens is 2. The first-order chi connectivity index (χ1) is 23.6. The van der Waals surface area contributed by atoms with Gasteiger partial charge in [-0.15, -0.1) is 0 Å². The molecule has 1 heterocycles. The van der Waals surface area contributed by atoms with E-state index in [1.807, 2.05) is 34.6 Å². The van der Waals surface area contributed by atoms with Crippen molar-refractivity contribution in [2.75, 3.05) is 27.3 Å². The maximum Gasteiger partial charge on any atom is 0.416 e. The van der Waals surface area contributed by atoms with Crippen molar-refractivity contribution in [2.45, 2.75) is 78.9 Å². The number of nitrogens with one attached hydrogen (secondary N) is 1. The van der Waals surface area contributed by atoms with E-state index in [-0.39, 0.29) is 6.47 Å². The van der Waals surface area contributed by atoms with E-state index in [0.29, 0.717) is 30.7 Å². The number of hydrogen-bond acceptors (Lipinski definition) is 7. The summed E-state index contributed by atoms with van der Waals surface area (Å²) in [6.07, 6.45) is 0.0218. The molecule has 2 unspecified atom stereocenters. The van der Waals surface area contributed by atoms with E-state index in [9.17, 15) is 13.2 Å². The number of hydrogen-bond donors (Lipinski definition) is 5. The number of rotatable bonds is 7. The van der Waals surface area contributed by atoms with Crippen molar-refractivity contribution < 1.29 is 32.9 Å². The van der Waals surface area contributed by atoms with E-state index in [0.717, 1.165) is 79.5 Å². The van der Waals surface area contributed by atoms with Crippen molar-refractivity contribution in [3.8, 4) is 16.9 Å². The molecule has 0 saturated heterocycles. The zero-order valence-electron chi connectivity index (χ0n) is 29.8. The second kappa shape index (κ2) is 25.4. The summed E-state index contributed by atoms with van der Waals surface area (Å²) in [7, 11) is 2.74. The lowest BCUT2D eigenvalue weighted by atomic mass is 9.78. The van der Waals surface area contributed by atoms with Crippen LogP contribution in [0.5, 0.6) is 5.75 Å². The highest BCUT2D eigenvalue weighted by atomic mass is 32.1. The monoisotopic (exact) mass is 708 g/mol. The predicted octanol–water partition coefficient (Wildman–Crippen LogP) is 8.75. The number of nitrogens with two attached hydrogens (primary N) is 1. The van der Waals surface area contributed by atoms with Crippen molar-refractivity contribution >= 4 is 30.3 Å². The van der Waals surface area contributed by atoms with Gasteiger partial charge >= 0.3 is 6.18 Å². The van der Waals surface area contributed by atoms with Crippen LogP contribution in [-0.2, 0) is 17.5 Å². The number of nitrogens with zero attached hydrogens (tertiary/aromatic N) is 2. The Balaban J connectivity index is 0.00000171. The van der Waals surface area contributed by atoms with E-state index in [4.69, 9.17) is 30.5 Å². The van der Waals surface area contributed by atoms with Crippen LogP contribution in [0, 0.1) is 12.8 Å². The Morgan fingerprint density at radius 2 is 1.55 bits per heavy atom. The van der Waals surface area contributed by atoms with Gasteiger partial charge in [0.25, 0.3) is 6.47 Å². The molecule has 1 aliphatic carbocycles. The van der Waals surface area contributed by atoms with Crippen molar-refractivity contribution in [2.24, 2.45) is 11.7 Å². The van der Waals surface area contributed by atoms with Gasteiger partial charge in [-0.2, -0.15) is 13.2 Å². The van der Waals surface area contributed by atoms with Crippen LogP contribution in [0.25, 0.3) is 22.2 Å². The fourth-order valence-corrected chi connectivity index (χ4v) is 5.49. The van der Waals surface area contributed by atoms with Gasteiger partial charge in [-0.05, 0) is 98.2 Å². The van der Waals surface area contributed by atoms with Crippen LogP contribution in [0.4, 0.5) is 13.2 Å². The Hall–Kier alpha value is -3.58. The third-order valence-electron chi connectivity index (χ3n) is 7.46. The maximum atomic E-state index is 12.8. The molecule has 0 amide bonds. The Morgan fingerprint density at radius 1 is 1.00 bits per heavy atom. The maximum absolute atomic E-state index is 12.8. The molecule has 0 spiro atoms. The van der Waals surface area contributed by atoms with Gasteiger partial charge in [0.05, 0.1) is 23.2 Å². The first-order valence-corrected chi connectivity index (χ1v) is 17.0. The van der Waals surface area contributed by atoms with Crippen LogP contribution < -0.4 is 15.2 Å². The quantitative estimate of drug-likeness (QED) is 0.0961. The minimum absolute atomic E-state index is 0.250. The summed E-state index contributed by atoms with van der Waals surface area (Å²) >= 11 is 3.54. The van der Waals surface area contributed by atoms with Crippen molar-refractivity contribution in [3.63, 3.8) is 0 Å². The highest BCUT2D eigenvalue weighted by Crippen LogP contribution is 2.38. The number of alkyl halides is 3. The zero-order valence-corrected chi connectivity index (χ0v) is 30.7. The molecule has 8 nitrogen and oxygen atoms in total. The van der Waals surface area contributed by atoms with Crippen molar-refractivity contribution in [3.05, 3.63) is 83.7 Å². The fourth-order valence-electron chi connectivity index (χ4n) is 5.49. The number of imidazole rings is 1. The number of thiol groups is 1. The van der Waals surface area contributed by atoms with Gasteiger partial charge in [-0.1, -0.05) is 77.3 Å². The number of benzene rings is 3. The van der Waals surface area contributed by atoms with Gasteiger partial charge in [-0.25, -0.2) is 4.98 Å². The second-order valence-electron chi connectivity index (χ2n) is 10.3. The summed E-state index contributed by atoms with van der Waals surface area (Å²) in [5, 5.41) is 13.9. The molecular weight excluding hydrogens is 653 g/mol. The third kappa shape index (κ3) is 14.8.